The number of aliphatic hydroxyl groups excluding tert-OH is 1. The second-order valence-corrected chi connectivity index (χ2v) is 8.00. The molecule has 1 aliphatic rings. The Morgan fingerprint density at radius 2 is 1.62 bits per heavy atom. The first-order valence-corrected chi connectivity index (χ1v) is 9.48. The minimum Gasteiger partial charge on any atom is -0.382 e. The van der Waals surface area contributed by atoms with E-state index in [4.69, 9.17) is 0 Å². The van der Waals surface area contributed by atoms with Crippen molar-refractivity contribution in [2.75, 3.05) is 6.54 Å². The third kappa shape index (κ3) is 6.24. The summed E-state index contributed by atoms with van der Waals surface area (Å²) in [4.78, 5) is 0. The lowest BCUT2D eigenvalue weighted by Crippen LogP contribution is -2.55. The highest BCUT2D eigenvalue weighted by atomic mass is 19.4. The Kier molecular flexibility index (Phi) is 7.45. The van der Waals surface area contributed by atoms with Gasteiger partial charge in [-0.3, -0.25) is 0 Å². The van der Waals surface area contributed by atoms with Gasteiger partial charge in [-0.1, -0.05) is 24.6 Å². The Balaban J connectivity index is 2.36. The summed E-state index contributed by atoms with van der Waals surface area (Å²) >= 11 is 0. The predicted molar refractivity (Wildman–Crippen MR) is 90.9 cm³/mol. The standard InChI is InChI=1S/C19H20F11NO/c20-16(21,19(28,29)30)12-4-1-3-11(7-12)8-15(31-10-14(32)18(25,26)27)6-2-5-13(9-15)17(22,23)24/h1,3-4,7,13-14,31-32H,2,5-6,8-10H2. The van der Waals surface area contributed by atoms with Crippen LogP contribution in [0.5, 0.6) is 0 Å². The molecule has 1 fully saturated rings. The van der Waals surface area contributed by atoms with Gasteiger partial charge in [0.15, 0.2) is 6.10 Å². The Labute approximate surface area is 175 Å². The Hall–Kier alpha value is -1.63. The summed E-state index contributed by atoms with van der Waals surface area (Å²) in [7, 11) is 0. The van der Waals surface area contributed by atoms with Gasteiger partial charge in [-0.2, -0.15) is 48.3 Å². The van der Waals surface area contributed by atoms with E-state index in [1.807, 2.05) is 0 Å². The molecule has 1 aliphatic carbocycles. The van der Waals surface area contributed by atoms with E-state index in [1.54, 1.807) is 0 Å². The van der Waals surface area contributed by atoms with E-state index in [9.17, 15) is 53.4 Å². The van der Waals surface area contributed by atoms with Crippen LogP contribution in [0.4, 0.5) is 48.3 Å². The van der Waals surface area contributed by atoms with Gasteiger partial charge in [0.2, 0.25) is 0 Å². The van der Waals surface area contributed by atoms with Crippen molar-refractivity contribution in [1.82, 2.24) is 5.32 Å². The minimum atomic E-state index is -5.91. The molecule has 0 radical (unpaired) electrons. The third-order valence-corrected chi connectivity index (χ3v) is 5.54. The maximum absolute atomic E-state index is 13.7. The van der Waals surface area contributed by atoms with Gasteiger partial charge in [0.1, 0.15) is 0 Å². The molecule has 0 spiro atoms. The molecule has 2 nitrogen and oxygen atoms in total. The van der Waals surface area contributed by atoms with Crippen LogP contribution in [0, 0.1) is 5.92 Å². The van der Waals surface area contributed by atoms with Crippen LogP contribution in [0.25, 0.3) is 0 Å². The largest absolute Gasteiger partial charge is 0.458 e. The van der Waals surface area contributed by atoms with Crippen LogP contribution >= 0.6 is 0 Å². The number of benzene rings is 1. The smallest absolute Gasteiger partial charge is 0.382 e. The lowest BCUT2D eigenvalue weighted by molar-refractivity contribution is -0.289. The van der Waals surface area contributed by atoms with Gasteiger partial charge in [0.25, 0.3) is 0 Å². The maximum Gasteiger partial charge on any atom is 0.458 e. The first-order valence-electron chi connectivity index (χ1n) is 9.48. The van der Waals surface area contributed by atoms with E-state index in [2.05, 4.69) is 5.32 Å². The molecule has 0 aliphatic heterocycles. The Bertz CT molecular complexity index is 772. The highest BCUT2D eigenvalue weighted by Gasteiger charge is 2.58. The molecule has 2 N–H and O–H groups in total. The number of halogens is 11. The van der Waals surface area contributed by atoms with Gasteiger partial charge in [0.05, 0.1) is 5.92 Å². The number of hydrogen-bond donors (Lipinski definition) is 2. The normalized spacial score (nSPS) is 24.4. The van der Waals surface area contributed by atoms with Crippen molar-refractivity contribution in [3.8, 4) is 0 Å². The number of rotatable bonds is 6. The lowest BCUT2D eigenvalue weighted by Gasteiger charge is -2.43. The molecule has 32 heavy (non-hydrogen) atoms. The van der Waals surface area contributed by atoms with Crippen LogP contribution in [0.2, 0.25) is 0 Å². The van der Waals surface area contributed by atoms with Crippen LogP contribution < -0.4 is 5.32 Å². The zero-order chi connectivity index (χ0) is 24.6. The van der Waals surface area contributed by atoms with Gasteiger partial charge in [0, 0.05) is 17.6 Å². The van der Waals surface area contributed by atoms with Crippen molar-refractivity contribution >= 4 is 0 Å². The molecule has 1 saturated carbocycles. The van der Waals surface area contributed by atoms with Crippen LogP contribution in [-0.2, 0) is 12.3 Å². The first kappa shape index (κ1) is 26.6. The predicted octanol–water partition coefficient (Wildman–Crippen LogP) is 5.89. The fourth-order valence-electron chi connectivity index (χ4n) is 3.89. The zero-order valence-electron chi connectivity index (χ0n) is 16.3. The molecule has 3 atom stereocenters. The van der Waals surface area contributed by atoms with Crippen molar-refractivity contribution in [2.24, 2.45) is 5.92 Å². The molecule has 0 saturated heterocycles. The summed E-state index contributed by atoms with van der Waals surface area (Å²) in [6, 6.07) is 2.96. The molecule has 184 valence electrons. The number of alkyl halides is 11. The van der Waals surface area contributed by atoms with Crippen LogP contribution in [0.1, 0.15) is 36.8 Å². The molecule has 3 unspecified atom stereocenters. The van der Waals surface area contributed by atoms with Crippen molar-refractivity contribution < 1.29 is 53.4 Å². The fraction of sp³-hybridized carbons (Fsp3) is 0.684. The van der Waals surface area contributed by atoms with E-state index >= 15 is 0 Å². The third-order valence-electron chi connectivity index (χ3n) is 5.54. The molecule has 0 heterocycles. The first-order chi connectivity index (χ1) is 14.4. The molecule has 0 aromatic heterocycles. The zero-order valence-corrected chi connectivity index (χ0v) is 16.3. The second kappa shape index (κ2) is 8.96. The summed E-state index contributed by atoms with van der Waals surface area (Å²) in [6.07, 6.45) is -20.3. The molecule has 1 aromatic carbocycles. The lowest BCUT2D eigenvalue weighted by atomic mass is 9.72. The van der Waals surface area contributed by atoms with E-state index < -0.39 is 67.0 Å². The van der Waals surface area contributed by atoms with E-state index in [0.29, 0.717) is 12.1 Å². The number of hydrogen-bond acceptors (Lipinski definition) is 2. The van der Waals surface area contributed by atoms with Gasteiger partial charge in [-0.05, 0) is 37.3 Å². The number of nitrogens with one attached hydrogen (secondary N) is 1. The van der Waals surface area contributed by atoms with Gasteiger partial charge in [-0.15, -0.1) is 0 Å². The number of aliphatic hydroxyl groups is 1. The van der Waals surface area contributed by atoms with Gasteiger partial charge < -0.3 is 10.4 Å². The molecule has 1 aromatic rings. The minimum absolute atomic E-state index is 0.0717. The van der Waals surface area contributed by atoms with Crippen LogP contribution in [0.15, 0.2) is 24.3 Å². The van der Waals surface area contributed by atoms with Gasteiger partial charge >= 0.3 is 24.5 Å². The van der Waals surface area contributed by atoms with Crippen molar-refractivity contribution in [3.63, 3.8) is 0 Å². The summed E-state index contributed by atoms with van der Waals surface area (Å²) in [5.74, 6) is -7.14. The molecule has 0 bridgehead atoms. The van der Waals surface area contributed by atoms with Crippen LogP contribution in [-0.4, -0.2) is 41.8 Å². The summed E-state index contributed by atoms with van der Waals surface area (Å²) < 4.78 is 143. The van der Waals surface area contributed by atoms with Crippen molar-refractivity contribution in [2.45, 2.75) is 68.2 Å². The van der Waals surface area contributed by atoms with E-state index in [0.717, 1.165) is 12.1 Å². The van der Waals surface area contributed by atoms with Crippen molar-refractivity contribution in [3.05, 3.63) is 35.4 Å². The summed E-state index contributed by atoms with van der Waals surface area (Å²) in [5, 5.41) is 11.5. The molecule has 0 amide bonds. The second-order valence-electron chi connectivity index (χ2n) is 8.00. The topological polar surface area (TPSA) is 32.3 Å². The Morgan fingerprint density at radius 1 is 1.00 bits per heavy atom. The average molecular weight is 487 g/mol. The molecule has 2 rings (SSSR count). The average Bonchev–Trinajstić information content (AvgIpc) is 2.64. The Morgan fingerprint density at radius 3 is 2.16 bits per heavy atom. The molecular weight excluding hydrogens is 467 g/mol. The molecule has 13 heteroatoms. The summed E-state index contributed by atoms with van der Waals surface area (Å²) in [6.45, 7) is -1.16. The summed E-state index contributed by atoms with van der Waals surface area (Å²) in [5.41, 5.74) is -3.34. The monoisotopic (exact) mass is 487 g/mol. The van der Waals surface area contributed by atoms with Crippen LogP contribution in [0.3, 0.4) is 0 Å². The SMILES string of the molecule is OC(CNC1(Cc2cccc(C(F)(F)C(F)(F)F)c2)CCCC(C(F)(F)F)C1)C(F)(F)F. The number of β-amino-alcohol motifs (C(OH)–C–C–N with tert-alkyl or cyclic N) is 1. The van der Waals surface area contributed by atoms with E-state index in [-0.39, 0.29) is 24.8 Å². The quantitative estimate of drug-likeness (QED) is 0.491. The van der Waals surface area contributed by atoms with Crippen molar-refractivity contribution in [1.29, 1.82) is 0 Å². The maximum atomic E-state index is 13.7. The highest BCUT2D eigenvalue weighted by molar-refractivity contribution is 5.29. The highest BCUT2D eigenvalue weighted by Crippen LogP contribution is 2.46. The van der Waals surface area contributed by atoms with E-state index in [1.165, 1.54) is 0 Å². The molecular formula is C19H20F11NO. The fourth-order valence-corrected chi connectivity index (χ4v) is 3.89. The van der Waals surface area contributed by atoms with Gasteiger partial charge in [-0.25, -0.2) is 0 Å².